The van der Waals surface area contributed by atoms with Crippen LogP contribution in [-0.4, -0.2) is 15.9 Å². The molecule has 0 bridgehead atoms. The standard InChI is InChI=1S/C22H18N4O/c1-15-7-9-18(10-8-15)25-20-14-17(11-13-23-20)22(27)26-19-6-2-4-16-5-3-12-24-21(16)19/h2-14H,1H3,(H,23,25)(H,26,27). The van der Waals surface area contributed by atoms with E-state index in [1.54, 1.807) is 24.5 Å². The number of pyridine rings is 2. The highest BCUT2D eigenvalue weighted by atomic mass is 16.1. The van der Waals surface area contributed by atoms with E-state index in [1.807, 2.05) is 61.5 Å². The Morgan fingerprint density at radius 3 is 2.56 bits per heavy atom. The number of para-hydroxylation sites is 1. The molecule has 0 fully saturated rings. The van der Waals surface area contributed by atoms with Crippen molar-refractivity contribution < 1.29 is 4.79 Å². The second kappa shape index (κ2) is 7.25. The number of amides is 1. The first-order chi connectivity index (χ1) is 13.2. The second-order valence-electron chi connectivity index (χ2n) is 6.26. The zero-order valence-corrected chi connectivity index (χ0v) is 14.8. The number of carbonyl (C=O) groups excluding carboxylic acids is 1. The smallest absolute Gasteiger partial charge is 0.255 e. The van der Waals surface area contributed by atoms with Crippen molar-refractivity contribution in [2.45, 2.75) is 6.92 Å². The molecule has 5 heteroatoms. The number of nitrogens with zero attached hydrogens (tertiary/aromatic N) is 2. The maximum Gasteiger partial charge on any atom is 0.255 e. The fraction of sp³-hybridized carbons (Fsp3) is 0.0455. The Kier molecular flexibility index (Phi) is 4.49. The molecule has 0 aliphatic heterocycles. The number of carbonyl (C=O) groups is 1. The summed E-state index contributed by atoms with van der Waals surface area (Å²) in [6, 6.07) is 21.0. The molecule has 5 nitrogen and oxygen atoms in total. The van der Waals surface area contributed by atoms with Gasteiger partial charge >= 0.3 is 0 Å². The van der Waals surface area contributed by atoms with E-state index in [9.17, 15) is 4.79 Å². The van der Waals surface area contributed by atoms with Gasteiger partial charge in [-0.25, -0.2) is 4.98 Å². The molecule has 0 unspecified atom stereocenters. The summed E-state index contributed by atoms with van der Waals surface area (Å²) in [5.41, 5.74) is 4.07. The summed E-state index contributed by atoms with van der Waals surface area (Å²) >= 11 is 0. The van der Waals surface area contributed by atoms with Gasteiger partial charge in [0.05, 0.1) is 11.2 Å². The van der Waals surface area contributed by atoms with Gasteiger partial charge in [-0.2, -0.15) is 0 Å². The number of fused-ring (bicyclic) bond motifs is 1. The summed E-state index contributed by atoms with van der Waals surface area (Å²) < 4.78 is 0. The van der Waals surface area contributed by atoms with E-state index >= 15 is 0 Å². The average molecular weight is 354 g/mol. The molecule has 2 aromatic heterocycles. The number of hydrogen-bond acceptors (Lipinski definition) is 4. The summed E-state index contributed by atoms with van der Waals surface area (Å²) in [4.78, 5) is 21.4. The van der Waals surface area contributed by atoms with Crippen molar-refractivity contribution in [3.63, 3.8) is 0 Å². The Morgan fingerprint density at radius 1 is 0.889 bits per heavy atom. The molecule has 0 spiro atoms. The Labute approximate surface area is 157 Å². The Balaban J connectivity index is 1.56. The van der Waals surface area contributed by atoms with Crippen LogP contribution in [0.1, 0.15) is 15.9 Å². The van der Waals surface area contributed by atoms with Crippen molar-refractivity contribution in [2.75, 3.05) is 10.6 Å². The third-order valence-electron chi connectivity index (χ3n) is 4.23. The molecule has 0 aliphatic rings. The summed E-state index contributed by atoms with van der Waals surface area (Å²) in [6.45, 7) is 2.04. The molecule has 1 amide bonds. The first-order valence-corrected chi connectivity index (χ1v) is 8.64. The van der Waals surface area contributed by atoms with Crippen LogP contribution in [0, 0.1) is 6.92 Å². The summed E-state index contributed by atoms with van der Waals surface area (Å²) in [5, 5.41) is 7.14. The number of hydrogen-bond donors (Lipinski definition) is 2. The lowest BCUT2D eigenvalue weighted by Crippen LogP contribution is -2.13. The molecule has 0 atom stereocenters. The third kappa shape index (κ3) is 3.77. The van der Waals surface area contributed by atoms with Gasteiger partial charge in [0.15, 0.2) is 0 Å². The topological polar surface area (TPSA) is 66.9 Å². The number of aromatic nitrogens is 2. The van der Waals surface area contributed by atoms with Crippen molar-refractivity contribution >= 4 is 34.0 Å². The molecule has 4 rings (SSSR count). The molecule has 0 aliphatic carbocycles. The average Bonchev–Trinajstić information content (AvgIpc) is 2.70. The van der Waals surface area contributed by atoms with Gasteiger partial charge in [0.25, 0.3) is 5.91 Å². The molecule has 132 valence electrons. The predicted octanol–water partition coefficient (Wildman–Crippen LogP) is 4.93. The van der Waals surface area contributed by atoms with Gasteiger partial charge in [-0.1, -0.05) is 35.9 Å². The van der Waals surface area contributed by atoms with Crippen LogP contribution in [0.5, 0.6) is 0 Å². The molecule has 4 aromatic rings. The maximum absolute atomic E-state index is 12.7. The molecule has 0 saturated carbocycles. The maximum atomic E-state index is 12.7. The van der Waals surface area contributed by atoms with Crippen LogP contribution in [0.15, 0.2) is 79.1 Å². The van der Waals surface area contributed by atoms with E-state index in [2.05, 4.69) is 20.6 Å². The van der Waals surface area contributed by atoms with E-state index in [4.69, 9.17) is 0 Å². The summed E-state index contributed by atoms with van der Waals surface area (Å²) in [5.74, 6) is 0.407. The quantitative estimate of drug-likeness (QED) is 0.545. The molecule has 27 heavy (non-hydrogen) atoms. The predicted molar refractivity (Wildman–Crippen MR) is 108 cm³/mol. The lowest BCUT2D eigenvalue weighted by molar-refractivity contribution is 0.102. The molecule has 0 saturated heterocycles. The van der Waals surface area contributed by atoms with Crippen molar-refractivity contribution in [2.24, 2.45) is 0 Å². The number of rotatable bonds is 4. The number of nitrogens with one attached hydrogen (secondary N) is 2. The minimum atomic E-state index is -0.206. The van der Waals surface area contributed by atoms with Gasteiger partial charge < -0.3 is 10.6 Å². The fourth-order valence-corrected chi connectivity index (χ4v) is 2.82. The SMILES string of the molecule is Cc1ccc(Nc2cc(C(=O)Nc3cccc4cccnc34)ccn2)cc1. The summed E-state index contributed by atoms with van der Waals surface area (Å²) in [7, 11) is 0. The van der Waals surface area contributed by atoms with Crippen molar-refractivity contribution in [3.8, 4) is 0 Å². The fourth-order valence-electron chi connectivity index (χ4n) is 2.82. The molecule has 2 N–H and O–H groups in total. The Morgan fingerprint density at radius 2 is 1.70 bits per heavy atom. The lowest BCUT2D eigenvalue weighted by Gasteiger charge is -2.10. The van der Waals surface area contributed by atoms with Gasteiger partial charge in [-0.3, -0.25) is 9.78 Å². The van der Waals surface area contributed by atoms with Crippen molar-refractivity contribution in [3.05, 3.63) is 90.3 Å². The minimum absolute atomic E-state index is 0.206. The van der Waals surface area contributed by atoms with Gasteiger partial charge in [0.1, 0.15) is 5.82 Å². The van der Waals surface area contributed by atoms with Crippen LogP contribution in [0.3, 0.4) is 0 Å². The van der Waals surface area contributed by atoms with E-state index < -0.39 is 0 Å². The highest BCUT2D eigenvalue weighted by Crippen LogP contribution is 2.22. The van der Waals surface area contributed by atoms with Gasteiger partial charge in [0.2, 0.25) is 0 Å². The highest BCUT2D eigenvalue weighted by molar-refractivity contribution is 6.08. The largest absolute Gasteiger partial charge is 0.340 e. The van der Waals surface area contributed by atoms with Gasteiger partial charge in [0, 0.05) is 29.0 Å². The van der Waals surface area contributed by atoms with Crippen LogP contribution < -0.4 is 10.6 Å². The van der Waals surface area contributed by atoms with Crippen molar-refractivity contribution in [1.29, 1.82) is 0 Å². The van der Waals surface area contributed by atoms with Crippen LogP contribution in [0.2, 0.25) is 0 Å². The zero-order valence-electron chi connectivity index (χ0n) is 14.8. The minimum Gasteiger partial charge on any atom is -0.340 e. The van der Waals surface area contributed by atoms with Crippen molar-refractivity contribution in [1.82, 2.24) is 9.97 Å². The molecular formula is C22H18N4O. The Bertz CT molecular complexity index is 1100. The number of aryl methyl sites for hydroxylation is 1. The lowest BCUT2D eigenvalue weighted by atomic mass is 10.1. The molecule has 2 aromatic carbocycles. The number of benzene rings is 2. The zero-order chi connectivity index (χ0) is 18.6. The second-order valence-corrected chi connectivity index (χ2v) is 6.26. The molecule has 2 heterocycles. The summed E-state index contributed by atoms with van der Waals surface area (Å²) in [6.07, 6.45) is 3.33. The first-order valence-electron chi connectivity index (χ1n) is 8.64. The third-order valence-corrected chi connectivity index (χ3v) is 4.23. The first kappa shape index (κ1) is 16.7. The van der Waals surface area contributed by atoms with Crippen LogP contribution in [-0.2, 0) is 0 Å². The van der Waals surface area contributed by atoms with E-state index in [1.165, 1.54) is 5.56 Å². The Hall–Kier alpha value is -3.73. The molecule has 0 radical (unpaired) electrons. The van der Waals surface area contributed by atoms with Gasteiger partial charge in [-0.15, -0.1) is 0 Å². The molecular weight excluding hydrogens is 336 g/mol. The highest BCUT2D eigenvalue weighted by Gasteiger charge is 2.10. The normalized spacial score (nSPS) is 10.6. The van der Waals surface area contributed by atoms with Crippen LogP contribution >= 0.6 is 0 Å². The van der Waals surface area contributed by atoms with Gasteiger partial charge in [-0.05, 0) is 43.3 Å². The monoisotopic (exact) mass is 354 g/mol. The van der Waals surface area contributed by atoms with E-state index in [0.717, 1.165) is 16.6 Å². The van der Waals surface area contributed by atoms with E-state index in [-0.39, 0.29) is 5.91 Å². The van der Waals surface area contributed by atoms with Crippen LogP contribution in [0.25, 0.3) is 10.9 Å². The van der Waals surface area contributed by atoms with E-state index in [0.29, 0.717) is 17.1 Å². The number of anilines is 3. The van der Waals surface area contributed by atoms with Crippen LogP contribution in [0.4, 0.5) is 17.2 Å².